The molecule has 0 bridgehead atoms. The second-order valence-corrected chi connectivity index (χ2v) is 20.9. The third-order valence-electron chi connectivity index (χ3n) is 12.9. The molecule has 2 unspecified atom stereocenters. The molecule has 0 N–H and O–H groups in total. The average molecular weight is 975 g/mol. The summed E-state index contributed by atoms with van der Waals surface area (Å²) in [5, 5.41) is 11.8. The van der Waals surface area contributed by atoms with E-state index in [-0.39, 0.29) is 32.2 Å². The van der Waals surface area contributed by atoms with E-state index in [9.17, 15) is 19.5 Å². The molecule has 0 saturated heterocycles. The number of quaternary nitrogens is 1. The standard InChI is InChI=1S/C60H111NO8/c1-6-8-10-12-14-16-18-20-22-24-26-27-28-29-30-31-33-35-37-39-41-43-45-47-49-51-58(63)69-56(55-68-60(59(64)65)66-53-52-61(3,4)5)54-67-57(62)50-48-46-44-42-40-38-36-34-32-25-23-21-19-17-15-13-11-9-7-2/h18,20-21,23-24,26,56,60H,6-17,19,22,25,27-55H2,1-5H3/b20-18-,23-21-,26-24-. The third kappa shape index (κ3) is 53.1. The molecule has 0 heterocycles. The molecule has 0 aliphatic rings. The zero-order valence-corrected chi connectivity index (χ0v) is 45.9. The van der Waals surface area contributed by atoms with Gasteiger partial charge in [-0.05, 0) is 70.6 Å². The monoisotopic (exact) mass is 974 g/mol. The third-order valence-corrected chi connectivity index (χ3v) is 12.9. The van der Waals surface area contributed by atoms with Crippen molar-refractivity contribution >= 4 is 17.9 Å². The summed E-state index contributed by atoms with van der Waals surface area (Å²) < 4.78 is 22.7. The number of likely N-dealkylation sites (N-methyl/N-ethyl adjacent to an activating group) is 1. The van der Waals surface area contributed by atoms with Crippen LogP contribution in [-0.2, 0) is 33.3 Å². The van der Waals surface area contributed by atoms with Gasteiger partial charge in [0.05, 0.1) is 40.3 Å². The van der Waals surface area contributed by atoms with E-state index in [1.807, 2.05) is 21.1 Å². The van der Waals surface area contributed by atoms with E-state index in [4.69, 9.17) is 18.9 Å². The van der Waals surface area contributed by atoms with Gasteiger partial charge in [0.15, 0.2) is 12.4 Å². The smallest absolute Gasteiger partial charge is 0.306 e. The molecular weight excluding hydrogens is 863 g/mol. The number of carboxylic acid groups (broad SMARTS) is 1. The Labute approximate surface area is 426 Å². The summed E-state index contributed by atoms with van der Waals surface area (Å²) in [5.74, 6) is -2.27. The number of unbranched alkanes of at least 4 members (excludes halogenated alkanes) is 33. The summed E-state index contributed by atoms with van der Waals surface area (Å²) in [4.78, 5) is 37.3. The molecule has 0 saturated carbocycles. The first kappa shape index (κ1) is 66.5. The van der Waals surface area contributed by atoms with E-state index >= 15 is 0 Å². The van der Waals surface area contributed by atoms with E-state index in [0.29, 0.717) is 23.9 Å². The van der Waals surface area contributed by atoms with Gasteiger partial charge in [0.2, 0.25) is 0 Å². The predicted molar refractivity (Wildman–Crippen MR) is 288 cm³/mol. The SMILES string of the molecule is CCCCCCC/C=C\C/C=C\CCCCCCCCCCCCCCCC(=O)OC(COC(=O)CCCCCCCCCCC/C=C\CCCCCCCC)COC(OCC[N+](C)(C)C)C(=O)[O-]. The highest BCUT2D eigenvalue weighted by Crippen LogP contribution is 2.16. The molecule has 404 valence electrons. The minimum Gasteiger partial charge on any atom is -0.545 e. The molecule has 0 aromatic rings. The van der Waals surface area contributed by atoms with Crippen LogP contribution in [0, 0.1) is 0 Å². The number of ether oxygens (including phenoxy) is 4. The van der Waals surface area contributed by atoms with E-state index in [1.165, 1.54) is 199 Å². The lowest BCUT2D eigenvalue weighted by Gasteiger charge is -2.26. The molecule has 69 heavy (non-hydrogen) atoms. The number of hydrogen-bond acceptors (Lipinski definition) is 8. The topological polar surface area (TPSA) is 111 Å². The normalized spacial score (nSPS) is 13.0. The number of rotatable bonds is 54. The Morgan fingerprint density at radius 3 is 1.16 bits per heavy atom. The van der Waals surface area contributed by atoms with Crippen LogP contribution in [-0.4, -0.2) is 82.3 Å². The molecule has 0 amide bonds. The molecular formula is C60H111NO8. The largest absolute Gasteiger partial charge is 0.545 e. The van der Waals surface area contributed by atoms with Crippen LogP contribution in [0.25, 0.3) is 0 Å². The van der Waals surface area contributed by atoms with Crippen LogP contribution in [0.5, 0.6) is 0 Å². The first-order valence-electron chi connectivity index (χ1n) is 29.1. The fourth-order valence-corrected chi connectivity index (χ4v) is 8.33. The van der Waals surface area contributed by atoms with Crippen molar-refractivity contribution in [3.05, 3.63) is 36.5 Å². The number of carbonyl (C=O) groups is 3. The number of carbonyl (C=O) groups excluding carboxylic acids is 3. The van der Waals surface area contributed by atoms with Crippen LogP contribution < -0.4 is 5.11 Å². The summed E-state index contributed by atoms with van der Waals surface area (Å²) in [7, 11) is 5.93. The molecule has 0 radical (unpaired) electrons. The highest BCUT2D eigenvalue weighted by molar-refractivity contribution is 5.70. The van der Waals surface area contributed by atoms with Crippen molar-refractivity contribution in [2.45, 2.75) is 283 Å². The molecule has 0 aromatic carbocycles. The maximum Gasteiger partial charge on any atom is 0.306 e. The summed E-state index contributed by atoms with van der Waals surface area (Å²) >= 11 is 0. The molecule has 9 heteroatoms. The van der Waals surface area contributed by atoms with E-state index < -0.39 is 24.3 Å². The number of allylic oxidation sites excluding steroid dienone is 6. The molecule has 0 spiro atoms. The average Bonchev–Trinajstić information content (AvgIpc) is 3.31. The highest BCUT2D eigenvalue weighted by Gasteiger charge is 2.22. The van der Waals surface area contributed by atoms with Gasteiger partial charge in [-0.3, -0.25) is 9.59 Å². The minimum absolute atomic E-state index is 0.148. The van der Waals surface area contributed by atoms with Gasteiger partial charge in [-0.15, -0.1) is 0 Å². The zero-order chi connectivity index (χ0) is 50.6. The summed E-state index contributed by atoms with van der Waals surface area (Å²) in [6.45, 7) is 4.76. The van der Waals surface area contributed by atoms with Crippen LogP contribution >= 0.6 is 0 Å². The number of carboxylic acids is 1. The van der Waals surface area contributed by atoms with Crippen LogP contribution in [0.3, 0.4) is 0 Å². The van der Waals surface area contributed by atoms with Crippen LogP contribution in [0.4, 0.5) is 0 Å². The Bertz CT molecular complexity index is 1230. The zero-order valence-electron chi connectivity index (χ0n) is 45.9. The van der Waals surface area contributed by atoms with Gasteiger partial charge < -0.3 is 33.3 Å². The maximum absolute atomic E-state index is 12.9. The Morgan fingerprint density at radius 1 is 0.435 bits per heavy atom. The van der Waals surface area contributed by atoms with Gasteiger partial charge in [-0.25, -0.2) is 0 Å². The second kappa shape index (κ2) is 51.9. The number of aliphatic carboxylic acids is 1. The van der Waals surface area contributed by atoms with E-state index in [1.54, 1.807) is 0 Å². The van der Waals surface area contributed by atoms with Crippen molar-refractivity contribution in [1.29, 1.82) is 0 Å². The lowest BCUT2D eigenvalue weighted by molar-refractivity contribution is -0.870. The van der Waals surface area contributed by atoms with Crippen LogP contribution in [0.2, 0.25) is 0 Å². The van der Waals surface area contributed by atoms with Crippen molar-refractivity contribution in [3.63, 3.8) is 0 Å². The number of hydrogen-bond donors (Lipinski definition) is 0. The van der Waals surface area contributed by atoms with Crippen molar-refractivity contribution < 1.29 is 42.9 Å². The van der Waals surface area contributed by atoms with Gasteiger partial charge in [0.25, 0.3) is 0 Å². The van der Waals surface area contributed by atoms with Gasteiger partial charge in [-0.1, -0.05) is 224 Å². The summed E-state index contributed by atoms with van der Waals surface area (Å²) in [6, 6.07) is 0. The van der Waals surface area contributed by atoms with Gasteiger partial charge >= 0.3 is 11.9 Å². The lowest BCUT2D eigenvalue weighted by atomic mass is 10.0. The fourth-order valence-electron chi connectivity index (χ4n) is 8.33. The predicted octanol–water partition coefficient (Wildman–Crippen LogP) is 15.6. The van der Waals surface area contributed by atoms with Gasteiger partial charge in [-0.2, -0.15) is 0 Å². The molecule has 0 aromatic heterocycles. The lowest BCUT2D eigenvalue weighted by Crippen LogP contribution is -2.44. The summed E-state index contributed by atoms with van der Waals surface area (Å²) in [5.41, 5.74) is 0. The molecule has 0 aliphatic heterocycles. The number of nitrogens with zero attached hydrogens (tertiary/aromatic N) is 1. The Hall–Kier alpha value is -2.49. The fraction of sp³-hybridized carbons (Fsp3) is 0.850. The Balaban J connectivity index is 4.23. The molecule has 0 aliphatic carbocycles. The van der Waals surface area contributed by atoms with Crippen molar-refractivity contribution in [1.82, 2.24) is 0 Å². The van der Waals surface area contributed by atoms with Crippen LogP contribution in [0.15, 0.2) is 36.5 Å². The molecule has 0 rings (SSSR count). The van der Waals surface area contributed by atoms with Gasteiger partial charge in [0, 0.05) is 12.8 Å². The molecule has 9 nitrogen and oxygen atoms in total. The Kier molecular flexibility index (Phi) is 50.0. The van der Waals surface area contributed by atoms with E-state index in [2.05, 4.69) is 50.3 Å². The van der Waals surface area contributed by atoms with Crippen molar-refractivity contribution in [2.24, 2.45) is 0 Å². The first-order valence-corrected chi connectivity index (χ1v) is 29.1. The second-order valence-electron chi connectivity index (χ2n) is 20.9. The Morgan fingerprint density at radius 2 is 0.783 bits per heavy atom. The van der Waals surface area contributed by atoms with E-state index in [0.717, 1.165) is 38.5 Å². The van der Waals surface area contributed by atoms with Crippen molar-refractivity contribution in [2.75, 3.05) is 47.5 Å². The van der Waals surface area contributed by atoms with Crippen molar-refractivity contribution in [3.8, 4) is 0 Å². The molecule has 2 atom stereocenters. The minimum atomic E-state index is -1.62. The summed E-state index contributed by atoms with van der Waals surface area (Å²) in [6.07, 6.45) is 59.0. The van der Waals surface area contributed by atoms with Gasteiger partial charge in [0.1, 0.15) is 13.2 Å². The first-order chi connectivity index (χ1) is 33.6. The number of esters is 2. The quantitative estimate of drug-likeness (QED) is 0.0195. The van der Waals surface area contributed by atoms with Crippen LogP contribution in [0.1, 0.15) is 271 Å². The maximum atomic E-state index is 12.9. The highest BCUT2D eigenvalue weighted by atomic mass is 16.7. The molecule has 0 fully saturated rings.